The van der Waals surface area contributed by atoms with Crippen molar-refractivity contribution in [3.05, 3.63) is 42.1 Å². The van der Waals surface area contributed by atoms with Crippen LogP contribution in [0.4, 0.5) is 0 Å². The van der Waals surface area contributed by atoms with Gasteiger partial charge in [0.2, 0.25) is 0 Å². The van der Waals surface area contributed by atoms with E-state index in [-0.39, 0.29) is 5.41 Å². The Kier molecular flexibility index (Phi) is 2.58. The molecule has 1 atom stereocenters. The van der Waals surface area contributed by atoms with Gasteiger partial charge in [-0.3, -0.25) is 4.99 Å². The molecule has 0 spiro atoms. The van der Waals surface area contributed by atoms with E-state index in [0.29, 0.717) is 0 Å². The molecular formula is C13H15NO. The number of rotatable bonds is 2. The lowest BCUT2D eigenvalue weighted by atomic mass is 9.79. The lowest BCUT2D eigenvalue weighted by molar-refractivity contribution is 0.414. The third-order valence-electron chi connectivity index (χ3n) is 2.90. The molecule has 0 amide bonds. The zero-order chi connectivity index (χ0) is 10.7. The number of allylic oxidation sites excluding steroid dienone is 1. The molecule has 0 radical (unpaired) electrons. The molecule has 1 aromatic carbocycles. The second kappa shape index (κ2) is 3.89. The second-order valence-electron chi connectivity index (χ2n) is 4.00. The zero-order valence-electron chi connectivity index (χ0n) is 9.10. The first-order chi connectivity index (χ1) is 7.24. The second-order valence-corrected chi connectivity index (χ2v) is 4.00. The van der Waals surface area contributed by atoms with Gasteiger partial charge in [0.25, 0.3) is 0 Å². The van der Waals surface area contributed by atoms with Crippen molar-refractivity contribution < 1.29 is 4.74 Å². The zero-order valence-corrected chi connectivity index (χ0v) is 9.10. The molecule has 78 valence electrons. The standard InChI is InChI=1S/C13H15NO/c1-13(7-9-14-10-8-13)11-3-5-12(15-2)6-4-11/h3-7,9-10H,8H2,1-2H3. The summed E-state index contributed by atoms with van der Waals surface area (Å²) in [6.07, 6.45) is 6.93. The van der Waals surface area contributed by atoms with E-state index in [9.17, 15) is 0 Å². The van der Waals surface area contributed by atoms with Crippen LogP contribution in [0.5, 0.6) is 5.75 Å². The summed E-state index contributed by atoms with van der Waals surface area (Å²) in [5.41, 5.74) is 1.37. The van der Waals surface area contributed by atoms with Gasteiger partial charge in [-0.1, -0.05) is 25.1 Å². The Morgan fingerprint density at radius 3 is 2.53 bits per heavy atom. The highest BCUT2D eigenvalue weighted by Crippen LogP contribution is 2.31. The molecule has 0 saturated carbocycles. The molecule has 2 rings (SSSR count). The number of ether oxygens (including phenoxy) is 1. The SMILES string of the molecule is COc1ccc(C2(C)C=CN=CC2)cc1. The van der Waals surface area contributed by atoms with Crippen LogP contribution in [0.3, 0.4) is 0 Å². The van der Waals surface area contributed by atoms with E-state index in [1.54, 1.807) is 7.11 Å². The van der Waals surface area contributed by atoms with Crippen LogP contribution >= 0.6 is 0 Å². The van der Waals surface area contributed by atoms with Gasteiger partial charge in [0.1, 0.15) is 5.75 Å². The van der Waals surface area contributed by atoms with Crippen LogP contribution in [0, 0.1) is 0 Å². The Labute approximate surface area is 90.3 Å². The lowest BCUT2D eigenvalue weighted by Gasteiger charge is -2.26. The van der Waals surface area contributed by atoms with Crippen molar-refractivity contribution in [2.45, 2.75) is 18.8 Å². The van der Waals surface area contributed by atoms with Gasteiger partial charge in [-0.2, -0.15) is 0 Å². The van der Waals surface area contributed by atoms with E-state index in [4.69, 9.17) is 4.74 Å². The molecule has 2 nitrogen and oxygen atoms in total. The maximum absolute atomic E-state index is 5.15. The van der Waals surface area contributed by atoms with Gasteiger partial charge in [-0.15, -0.1) is 0 Å². The van der Waals surface area contributed by atoms with Crippen molar-refractivity contribution in [1.29, 1.82) is 0 Å². The van der Waals surface area contributed by atoms with Gasteiger partial charge in [0.05, 0.1) is 7.11 Å². The number of aliphatic imine (C=N–C) groups is 1. The maximum atomic E-state index is 5.15. The minimum absolute atomic E-state index is 0.0774. The van der Waals surface area contributed by atoms with E-state index in [0.717, 1.165) is 12.2 Å². The minimum atomic E-state index is 0.0774. The van der Waals surface area contributed by atoms with Gasteiger partial charge in [-0.05, 0) is 24.1 Å². The molecule has 1 heterocycles. The summed E-state index contributed by atoms with van der Waals surface area (Å²) in [6.45, 7) is 2.22. The van der Waals surface area contributed by atoms with Crippen molar-refractivity contribution in [3.8, 4) is 5.75 Å². The summed E-state index contributed by atoms with van der Waals surface area (Å²) in [6, 6.07) is 8.23. The normalized spacial score (nSPS) is 24.1. The van der Waals surface area contributed by atoms with Gasteiger partial charge in [-0.25, -0.2) is 0 Å². The molecule has 1 aliphatic rings. The predicted octanol–water partition coefficient (Wildman–Crippen LogP) is 2.94. The van der Waals surface area contributed by atoms with Crippen LogP contribution in [0.2, 0.25) is 0 Å². The molecule has 0 aliphatic carbocycles. The minimum Gasteiger partial charge on any atom is -0.497 e. The van der Waals surface area contributed by atoms with Gasteiger partial charge < -0.3 is 4.74 Å². The number of hydrogen-bond acceptors (Lipinski definition) is 2. The highest BCUT2D eigenvalue weighted by atomic mass is 16.5. The first-order valence-corrected chi connectivity index (χ1v) is 5.08. The van der Waals surface area contributed by atoms with Crippen molar-refractivity contribution in [2.75, 3.05) is 7.11 Å². The molecular weight excluding hydrogens is 186 g/mol. The Hall–Kier alpha value is -1.57. The first kappa shape index (κ1) is 9.97. The third-order valence-corrected chi connectivity index (χ3v) is 2.90. The highest BCUT2D eigenvalue weighted by Gasteiger charge is 2.23. The van der Waals surface area contributed by atoms with E-state index >= 15 is 0 Å². The highest BCUT2D eigenvalue weighted by molar-refractivity contribution is 5.63. The fraction of sp³-hybridized carbons (Fsp3) is 0.308. The van der Waals surface area contributed by atoms with Crippen LogP contribution < -0.4 is 4.74 Å². The summed E-state index contributed by atoms with van der Waals surface area (Å²) in [5, 5.41) is 0. The molecule has 0 N–H and O–H groups in total. The first-order valence-electron chi connectivity index (χ1n) is 5.08. The third kappa shape index (κ3) is 1.94. The van der Waals surface area contributed by atoms with Gasteiger partial charge in [0.15, 0.2) is 0 Å². The Morgan fingerprint density at radius 1 is 1.27 bits per heavy atom. The maximum Gasteiger partial charge on any atom is 0.118 e. The van der Waals surface area contributed by atoms with Crippen LogP contribution in [-0.2, 0) is 5.41 Å². The Bertz CT molecular complexity index is 392. The van der Waals surface area contributed by atoms with Crippen LogP contribution in [0.1, 0.15) is 18.9 Å². The molecule has 1 unspecified atom stereocenters. The summed E-state index contributed by atoms with van der Waals surface area (Å²) in [5.74, 6) is 0.899. The van der Waals surface area contributed by atoms with Gasteiger partial charge in [0, 0.05) is 17.8 Å². The van der Waals surface area contributed by atoms with Crippen molar-refractivity contribution in [2.24, 2.45) is 4.99 Å². The fourth-order valence-corrected chi connectivity index (χ4v) is 1.76. The fourth-order valence-electron chi connectivity index (χ4n) is 1.76. The van der Waals surface area contributed by atoms with Crippen LogP contribution in [0.25, 0.3) is 0 Å². The van der Waals surface area contributed by atoms with Crippen molar-refractivity contribution in [3.63, 3.8) is 0 Å². The average molecular weight is 201 g/mol. The van der Waals surface area contributed by atoms with Crippen molar-refractivity contribution >= 4 is 6.21 Å². The number of benzene rings is 1. The Morgan fingerprint density at radius 2 is 2.00 bits per heavy atom. The molecule has 0 aromatic heterocycles. The van der Waals surface area contributed by atoms with E-state index in [1.807, 2.05) is 24.5 Å². The number of methoxy groups -OCH3 is 1. The lowest BCUT2D eigenvalue weighted by Crippen LogP contribution is -2.20. The average Bonchev–Trinajstić information content (AvgIpc) is 2.30. The summed E-state index contributed by atoms with van der Waals surface area (Å²) in [7, 11) is 1.68. The quantitative estimate of drug-likeness (QED) is 0.721. The van der Waals surface area contributed by atoms with E-state index in [2.05, 4.69) is 30.1 Å². The molecule has 0 saturated heterocycles. The van der Waals surface area contributed by atoms with E-state index < -0.39 is 0 Å². The molecule has 0 fully saturated rings. The monoisotopic (exact) mass is 201 g/mol. The smallest absolute Gasteiger partial charge is 0.118 e. The van der Waals surface area contributed by atoms with Crippen LogP contribution in [0.15, 0.2) is 41.5 Å². The number of nitrogens with zero attached hydrogens (tertiary/aromatic N) is 1. The van der Waals surface area contributed by atoms with Crippen molar-refractivity contribution in [1.82, 2.24) is 0 Å². The molecule has 2 heteroatoms. The van der Waals surface area contributed by atoms with Gasteiger partial charge >= 0.3 is 0 Å². The van der Waals surface area contributed by atoms with E-state index in [1.165, 1.54) is 5.56 Å². The number of hydrogen-bond donors (Lipinski definition) is 0. The Balaban J connectivity index is 2.29. The largest absolute Gasteiger partial charge is 0.497 e. The summed E-state index contributed by atoms with van der Waals surface area (Å²) < 4.78 is 5.15. The summed E-state index contributed by atoms with van der Waals surface area (Å²) >= 11 is 0. The topological polar surface area (TPSA) is 21.6 Å². The molecule has 1 aliphatic heterocycles. The van der Waals surface area contributed by atoms with Crippen LogP contribution in [-0.4, -0.2) is 13.3 Å². The molecule has 0 bridgehead atoms. The predicted molar refractivity (Wildman–Crippen MR) is 62.6 cm³/mol. The molecule has 1 aromatic rings. The molecule has 15 heavy (non-hydrogen) atoms. The summed E-state index contributed by atoms with van der Waals surface area (Å²) in [4.78, 5) is 4.10.